The van der Waals surface area contributed by atoms with E-state index < -0.39 is 16.1 Å². The van der Waals surface area contributed by atoms with E-state index in [-0.39, 0.29) is 5.56 Å². The zero-order valence-electron chi connectivity index (χ0n) is 13.8. The normalized spacial score (nSPS) is 14.4. The Hall–Kier alpha value is -1.66. The van der Waals surface area contributed by atoms with Gasteiger partial charge in [0.05, 0.1) is 22.9 Å². The Kier molecular flexibility index (Phi) is 4.44. The standard InChI is InChI=1S/C16H21N3O2S/c1-10-7-12(11(2)18-22(21)16(3,4)5)14-13(8-10)15(20)19(6)9-17-14/h7-9H,1-6H3/b18-11-. The molecule has 5 nitrogen and oxygen atoms in total. The van der Waals surface area contributed by atoms with E-state index in [1.165, 1.54) is 10.9 Å². The summed E-state index contributed by atoms with van der Waals surface area (Å²) in [5, 5.41) is 0.552. The highest BCUT2D eigenvalue weighted by molar-refractivity contribution is 7.91. The van der Waals surface area contributed by atoms with Gasteiger partial charge >= 0.3 is 0 Å². The second-order valence-electron chi connectivity index (χ2n) is 6.41. The third kappa shape index (κ3) is 3.23. The second-order valence-corrected chi connectivity index (χ2v) is 8.31. The van der Waals surface area contributed by atoms with Crippen LogP contribution in [0.2, 0.25) is 0 Å². The number of rotatable bonds is 2. The van der Waals surface area contributed by atoms with E-state index in [9.17, 15) is 9.35 Å². The molecule has 2 aromatic rings. The average Bonchev–Trinajstić information content (AvgIpc) is 2.41. The molecule has 0 fully saturated rings. The quantitative estimate of drug-likeness (QED) is 0.631. The maximum absolute atomic E-state index is 12.3. The fourth-order valence-corrected chi connectivity index (χ4v) is 2.67. The molecule has 0 N–H and O–H groups in total. The highest BCUT2D eigenvalue weighted by atomic mass is 32.2. The molecule has 0 saturated heterocycles. The predicted octanol–water partition coefficient (Wildman–Crippen LogP) is 2.51. The zero-order valence-corrected chi connectivity index (χ0v) is 14.6. The van der Waals surface area contributed by atoms with Crippen molar-refractivity contribution in [1.29, 1.82) is 0 Å². The minimum atomic E-state index is -1.35. The van der Waals surface area contributed by atoms with Crippen molar-refractivity contribution in [2.75, 3.05) is 0 Å². The van der Waals surface area contributed by atoms with Gasteiger partial charge in [0.15, 0.2) is 0 Å². The molecule has 0 saturated carbocycles. The molecule has 1 heterocycles. The molecule has 0 aliphatic carbocycles. The van der Waals surface area contributed by atoms with Crippen molar-refractivity contribution in [3.8, 4) is 0 Å². The molecule has 6 heteroatoms. The van der Waals surface area contributed by atoms with Gasteiger partial charge < -0.3 is 9.12 Å². The summed E-state index contributed by atoms with van der Waals surface area (Å²) in [7, 11) is 1.67. The maximum atomic E-state index is 12.3. The fourth-order valence-electron chi connectivity index (χ4n) is 2.05. The third-order valence-corrected chi connectivity index (χ3v) is 4.79. The van der Waals surface area contributed by atoms with Crippen LogP contribution in [0.25, 0.3) is 10.9 Å². The van der Waals surface area contributed by atoms with E-state index in [4.69, 9.17) is 0 Å². The molecule has 118 valence electrons. The lowest BCUT2D eigenvalue weighted by Gasteiger charge is -2.19. The van der Waals surface area contributed by atoms with Crippen LogP contribution in [0, 0.1) is 6.92 Å². The van der Waals surface area contributed by atoms with Gasteiger partial charge in [0.1, 0.15) is 16.1 Å². The van der Waals surface area contributed by atoms with Crippen molar-refractivity contribution in [3.05, 3.63) is 39.9 Å². The van der Waals surface area contributed by atoms with E-state index in [2.05, 4.69) is 9.38 Å². The van der Waals surface area contributed by atoms with Crippen molar-refractivity contribution in [3.63, 3.8) is 0 Å². The van der Waals surface area contributed by atoms with Gasteiger partial charge in [-0.3, -0.25) is 4.79 Å². The van der Waals surface area contributed by atoms with Crippen molar-refractivity contribution >= 4 is 28.0 Å². The molecular weight excluding hydrogens is 298 g/mol. The molecule has 0 amide bonds. The first-order valence-corrected chi connectivity index (χ1v) is 8.15. The summed E-state index contributed by atoms with van der Waals surface area (Å²) < 4.78 is 17.6. The van der Waals surface area contributed by atoms with Gasteiger partial charge in [-0.2, -0.15) is 0 Å². The number of benzene rings is 1. The highest BCUT2D eigenvalue weighted by Gasteiger charge is 2.27. The van der Waals surface area contributed by atoms with Gasteiger partial charge in [-0.25, -0.2) is 4.98 Å². The van der Waals surface area contributed by atoms with Crippen LogP contribution < -0.4 is 5.56 Å². The summed E-state index contributed by atoms with van der Waals surface area (Å²) in [6.45, 7) is 9.35. The van der Waals surface area contributed by atoms with Crippen molar-refractivity contribution in [2.45, 2.75) is 39.4 Å². The predicted molar refractivity (Wildman–Crippen MR) is 91.8 cm³/mol. The molecular formula is C16H21N3O2S. The number of fused-ring (bicyclic) bond motifs is 1. The number of aromatic nitrogens is 2. The smallest absolute Gasteiger partial charge is 0.260 e. The number of nitrogens with zero attached hydrogens (tertiary/aromatic N) is 3. The van der Waals surface area contributed by atoms with Crippen LogP contribution in [0.1, 0.15) is 38.8 Å². The molecule has 22 heavy (non-hydrogen) atoms. The van der Waals surface area contributed by atoms with E-state index in [1.54, 1.807) is 14.0 Å². The molecule has 2 rings (SSSR count). The summed E-state index contributed by atoms with van der Waals surface area (Å²) in [6, 6.07) is 3.75. The second kappa shape index (κ2) is 5.85. The molecule has 0 aliphatic heterocycles. The van der Waals surface area contributed by atoms with Crippen LogP contribution in [0.4, 0.5) is 0 Å². The Labute approximate surface area is 133 Å². The summed E-state index contributed by atoms with van der Waals surface area (Å²) in [5.74, 6) is 0. The van der Waals surface area contributed by atoms with Crippen molar-refractivity contribution in [1.82, 2.24) is 9.55 Å². The first kappa shape index (κ1) is 16.7. The average molecular weight is 319 g/mol. The van der Waals surface area contributed by atoms with Gasteiger partial charge in [-0.1, -0.05) is 4.40 Å². The molecule has 0 radical (unpaired) electrons. The number of hydrogen-bond acceptors (Lipinski definition) is 4. The van der Waals surface area contributed by atoms with Crippen LogP contribution in [0.15, 0.2) is 27.7 Å². The lowest BCUT2D eigenvalue weighted by molar-refractivity contribution is 0.561. The Morgan fingerprint density at radius 3 is 2.59 bits per heavy atom. The molecule has 1 aromatic heterocycles. The van der Waals surface area contributed by atoms with Gasteiger partial charge in [0.2, 0.25) is 0 Å². The molecule has 1 unspecified atom stereocenters. The fraction of sp³-hybridized carbons (Fsp3) is 0.438. The summed E-state index contributed by atoms with van der Waals surface area (Å²) in [5.41, 5.74) is 2.83. The summed E-state index contributed by atoms with van der Waals surface area (Å²) >= 11 is -1.35. The van der Waals surface area contributed by atoms with Crippen LogP contribution in [0.5, 0.6) is 0 Å². The van der Waals surface area contributed by atoms with Crippen LogP contribution in [-0.4, -0.2) is 24.6 Å². The van der Waals surface area contributed by atoms with Crippen LogP contribution in [0.3, 0.4) is 0 Å². The Morgan fingerprint density at radius 2 is 2.00 bits per heavy atom. The van der Waals surface area contributed by atoms with E-state index >= 15 is 0 Å². The minimum Gasteiger partial charge on any atom is -0.591 e. The summed E-state index contributed by atoms with van der Waals surface area (Å²) in [4.78, 5) is 16.6. The largest absolute Gasteiger partial charge is 0.591 e. The number of aryl methyl sites for hydroxylation is 2. The van der Waals surface area contributed by atoms with Crippen molar-refractivity contribution in [2.24, 2.45) is 11.4 Å². The van der Waals surface area contributed by atoms with Crippen LogP contribution in [-0.2, 0) is 18.4 Å². The Morgan fingerprint density at radius 1 is 1.36 bits per heavy atom. The molecule has 0 aliphatic rings. The highest BCUT2D eigenvalue weighted by Crippen LogP contribution is 2.21. The van der Waals surface area contributed by atoms with Gasteiger partial charge in [-0.15, -0.1) is 0 Å². The molecule has 0 bridgehead atoms. The zero-order chi connectivity index (χ0) is 16.7. The van der Waals surface area contributed by atoms with Gasteiger partial charge in [0, 0.05) is 12.6 Å². The topological polar surface area (TPSA) is 70.3 Å². The lowest BCUT2D eigenvalue weighted by Crippen LogP contribution is -2.27. The van der Waals surface area contributed by atoms with E-state index in [0.717, 1.165) is 11.1 Å². The van der Waals surface area contributed by atoms with Crippen LogP contribution >= 0.6 is 0 Å². The lowest BCUT2D eigenvalue weighted by atomic mass is 10.0. The molecule has 0 spiro atoms. The van der Waals surface area contributed by atoms with Crippen molar-refractivity contribution < 1.29 is 4.55 Å². The Balaban J connectivity index is 2.68. The maximum Gasteiger partial charge on any atom is 0.260 e. The number of hydrogen-bond donors (Lipinski definition) is 0. The first-order valence-electron chi connectivity index (χ1n) is 7.05. The summed E-state index contributed by atoms with van der Waals surface area (Å²) in [6.07, 6.45) is 1.50. The van der Waals surface area contributed by atoms with E-state index in [0.29, 0.717) is 16.6 Å². The third-order valence-electron chi connectivity index (χ3n) is 3.30. The SMILES string of the molecule is C/C(=N/[S+]([O-])C(C)(C)C)c1cc(C)cc2c(=O)n(C)cnc12. The van der Waals surface area contributed by atoms with Gasteiger partial charge in [0.25, 0.3) is 5.56 Å². The first-order chi connectivity index (χ1) is 10.1. The minimum absolute atomic E-state index is 0.0975. The monoisotopic (exact) mass is 319 g/mol. The van der Waals surface area contributed by atoms with E-state index in [1.807, 2.05) is 39.8 Å². The molecule has 1 atom stereocenters. The molecule has 1 aromatic carbocycles. The Bertz CT molecular complexity index is 803. The van der Waals surface area contributed by atoms with Gasteiger partial charge in [-0.05, 0) is 52.3 Å².